The number of amides is 1. The van der Waals surface area contributed by atoms with E-state index in [1.54, 1.807) is 0 Å². The molecule has 0 aromatic carbocycles. The van der Waals surface area contributed by atoms with Crippen molar-refractivity contribution in [2.45, 2.75) is 12.5 Å². The smallest absolute Gasteiger partial charge is 0.360 e. The zero-order chi connectivity index (χ0) is 12.4. The highest BCUT2D eigenvalue weighted by molar-refractivity contribution is 6.01. The maximum Gasteiger partial charge on any atom is 0.360 e. The Balaban J connectivity index is 2.38. The van der Waals surface area contributed by atoms with Gasteiger partial charge in [0.2, 0.25) is 5.91 Å². The zero-order valence-electron chi connectivity index (χ0n) is 9.29. The molecule has 1 fully saturated rings. The average Bonchev–Trinajstić information content (AvgIpc) is 2.67. The first-order valence-electron chi connectivity index (χ1n) is 5.08. The second kappa shape index (κ2) is 4.46. The van der Waals surface area contributed by atoms with E-state index in [1.807, 2.05) is 0 Å². The number of rotatable bonds is 2. The number of carbonyl (C=O) groups is 2. The molecule has 7 heteroatoms. The van der Waals surface area contributed by atoms with Crippen LogP contribution in [0, 0.1) is 0 Å². The number of hydrogen-bond donors (Lipinski definition) is 1. The maximum atomic E-state index is 11.7. The summed E-state index contributed by atoms with van der Waals surface area (Å²) in [7, 11) is 1.25. The Hall–Kier alpha value is -2.02. The molecule has 2 N–H and O–H groups in total. The van der Waals surface area contributed by atoms with E-state index >= 15 is 0 Å². The third kappa shape index (κ3) is 2.09. The quantitative estimate of drug-likeness (QED) is 0.683. The Morgan fingerprint density at radius 2 is 2.24 bits per heavy atom. The van der Waals surface area contributed by atoms with Gasteiger partial charge in [0.05, 0.1) is 7.11 Å². The molecule has 1 aromatic rings. The van der Waals surface area contributed by atoms with Crippen LogP contribution in [-0.4, -0.2) is 41.5 Å². The highest BCUT2D eigenvalue weighted by Gasteiger charge is 2.32. The summed E-state index contributed by atoms with van der Waals surface area (Å²) in [6, 6.07) is -0.241. The molecule has 7 nitrogen and oxygen atoms in total. The standard InChI is InChI=1S/C10H12N4O3/c1-17-10(16)8-9(13-3-2-12-8)14-5-6(11)4-7(14)15/h2-3,6H,4-5,11H2,1H3. The molecule has 1 atom stereocenters. The molecule has 0 spiro atoms. The first-order valence-corrected chi connectivity index (χ1v) is 5.08. The summed E-state index contributed by atoms with van der Waals surface area (Å²) in [5.41, 5.74) is 5.71. The van der Waals surface area contributed by atoms with Crippen molar-refractivity contribution in [3.05, 3.63) is 18.1 Å². The van der Waals surface area contributed by atoms with Gasteiger partial charge in [-0.2, -0.15) is 0 Å². The summed E-state index contributed by atoms with van der Waals surface area (Å²) in [5.74, 6) is -0.582. The minimum absolute atomic E-state index is 0.0254. The monoisotopic (exact) mass is 236 g/mol. The molecule has 1 aliphatic heterocycles. The minimum atomic E-state index is -0.624. The summed E-state index contributed by atoms with van der Waals surface area (Å²) in [6.07, 6.45) is 3.03. The van der Waals surface area contributed by atoms with Gasteiger partial charge in [0.15, 0.2) is 11.5 Å². The van der Waals surface area contributed by atoms with Crippen LogP contribution in [0.1, 0.15) is 16.9 Å². The number of hydrogen-bond acceptors (Lipinski definition) is 6. The van der Waals surface area contributed by atoms with Crippen LogP contribution in [0.15, 0.2) is 12.4 Å². The lowest BCUT2D eigenvalue weighted by atomic mass is 10.3. The lowest BCUT2D eigenvalue weighted by Gasteiger charge is -2.16. The van der Waals surface area contributed by atoms with Crippen LogP contribution in [-0.2, 0) is 9.53 Å². The molecule has 1 aromatic heterocycles. The van der Waals surface area contributed by atoms with E-state index < -0.39 is 5.97 Å². The van der Waals surface area contributed by atoms with Gasteiger partial charge in [-0.05, 0) is 0 Å². The van der Waals surface area contributed by atoms with Crippen molar-refractivity contribution in [3.8, 4) is 0 Å². The van der Waals surface area contributed by atoms with Crippen molar-refractivity contribution in [3.63, 3.8) is 0 Å². The van der Waals surface area contributed by atoms with E-state index in [4.69, 9.17) is 5.73 Å². The van der Waals surface area contributed by atoms with Crippen LogP contribution < -0.4 is 10.6 Å². The second-order valence-electron chi connectivity index (χ2n) is 3.69. The molecule has 0 aliphatic carbocycles. The molecule has 1 amide bonds. The number of anilines is 1. The van der Waals surface area contributed by atoms with Gasteiger partial charge in [-0.1, -0.05) is 0 Å². The van der Waals surface area contributed by atoms with E-state index in [-0.39, 0.29) is 29.9 Å². The van der Waals surface area contributed by atoms with Crippen molar-refractivity contribution in [2.24, 2.45) is 5.73 Å². The zero-order valence-corrected chi connectivity index (χ0v) is 9.29. The minimum Gasteiger partial charge on any atom is -0.464 e. The van der Waals surface area contributed by atoms with Crippen molar-refractivity contribution >= 4 is 17.7 Å². The first-order chi connectivity index (χ1) is 8.13. The summed E-state index contributed by atoms with van der Waals surface area (Å²) < 4.78 is 4.59. The fraction of sp³-hybridized carbons (Fsp3) is 0.400. The maximum absolute atomic E-state index is 11.7. The van der Waals surface area contributed by atoms with Crippen molar-refractivity contribution in [2.75, 3.05) is 18.6 Å². The molecular weight excluding hydrogens is 224 g/mol. The molecule has 1 unspecified atom stereocenters. The van der Waals surface area contributed by atoms with Gasteiger partial charge in [0.1, 0.15) is 0 Å². The number of ether oxygens (including phenoxy) is 1. The Morgan fingerprint density at radius 3 is 2.82 bits per heavy atom. The number of esters is 1. The summed E-state index contributed by atoms with van der Waals surface area (Å²) in [5, 5.41) is 0. The van der Waals surface area contributed by atoms with Gasteiger partial charge in [-0.25, -0.2) is 14.8 Å². The Kier molecular flexibility index (Phi) is 3.01. The van der Waals surface area contributed by atoms with E-state index in [0.29, 0.717) is 6.54 Å². The molecule has 90 valence electrons. The van der Waals surface area contributed by atoms with Crippen LogP contribution in [0.25, 0.3) is 0 Å². The number of carbonyl (C=O) groups excluding carboxylic acids is 2. The Labute approximate surface area is 97.6 Å². The van der Waals surface area contributed by atoms with E-state index in [0.717, 1.165) is 0 Å². The average molecular weight is 236 g/mol. The molecule has 2 rings (SSSR count). The lowest BCUT2D eigenvalue weighted by Crippen LogP contribution is -2.30. The van der Waals surface area contributed by atoms with Crippen LogP contribution >= 0.6 is 0 Å². The summed E-state index contributed by atoms with van der Waals surface area (Å²) in [6.45, 7) is 0.335. The molecule has 17 heavy (non-hydrogen) atoms. The predicted molar refractivity (Wildman–Crippen MR) is 58.3 cm³/mol. The molecule has 1 saturated heterocycles. The van der Waals surface area contributed by atoms with Gasteiger partial charge in [0, 0.05) is 31.4 Å². The molecule has 0 saturated carbocycles. The highest BCUT2D eigenvalue weighted by atomic mass is 16.5. The van der Waals surface area contributed by atoms with Crippen molar-refractivity contribution in [1.82, 2.24) is 9.97 Å². The van der Waals surface area contributed by atoms with Gasteiger partial charge < -0.3 is 10.5 Å². The highest BCUT2D eigenvalue weighted by Crippen LogP contribution is 2.21. The number of nitrogens with zero attached hydrogens (tertiary/aromatic N) is 3. The Bertz CT molecular complexity index is 463. The summed E-state index contributed by atoms with van der Waals surface area (Å²) >= 11 is 0. The summed E-state index contributed by atoms with van der Waals surface area (Å²) in [4.78, 5) is 32.4. The van der Waals surface area contributed by atoms with Crippen LogP contribution in [0.2, 0.25) is 0 Å². The lowest BCUT2D eigenvalue weighted by molar-refractivity contribution is -0.117. The SMILES string of the molecule is COC(=O)c1nccnc1N1CC(N)CC1=O. The Morgan fingerprint density at radius 1 is 1.53 bits per heavy atom. The third-order valence-electron chi connectivity index (χ3n) is 2.47. The normalized spacial score (nSPS) is 19.5. The molecular formula is C10H12N4O3. The fourth-order valence-electron chi connectivity index (χ4n) is 1.71. The largest absolute Gasteiger partial charge is 0.464 e. The predicted octanol–water partition coefficient (Wildman–Crippen LogP) is -0.673. The van der Waals surface area contributed by atoms with Crippen molar-refractivity contribution < 1.29 is 14.3 Å². The van der Waals surface area contributed by atoms with Gasteiger partial charge in [-0.15, -0.1) is 0 Å². The number of aromatic nitrogens is 2. The van der Waals surface area contributed by atoms with Crippen molar-refractivity contribution in [1.29, 1.82) is 0 Å². The van der Waals surface area contributed by atoms with Gasteiger partial charge in [0.25, 0.3) is 0 Å². The topological polar surface area (TPSA) is 98.4 Å². The number of nitrogens with two attached hydrogens (primary N) is 1. The van der Waals surface area contributed by atoms with E-state index in [2.05, 4.69) is 14.7 Å². The van der Waals surface area contributed by atoms with E-state index in [9.17, 15) is 9.59 Å². The molecule has 1 aliphatic rings. The fourth-order valence-corrected chi connectivity index (χ4v) is 1.71. The van der Waals surface area contributed by atoms with Crippen LogP contribution in [0.4, 0.5) is 5.82 Å². The van der Waals surface area contributed by atoms with Gasteiger partial charge in [-0.3, -0.25) is 9.69 Å². The third-order valence-corrected chi connectivity index (χ3v) is 2.47. The van der Waals surface area contributed by atoms with Crippen LogP contribution in [0.5, 0.6) is 0 Å². The van der Waals surface area contributed by atoms with Gasteiger partial charge >= 0.3 is 5.97 Å². The van der Waals surface area contributed by atoms with Crippen LogP contribution in [0.3, 0.4) is 0 Å². The first kappa shape index (κ1) is 11.5. The molecule has 0 radical (unpaired) electrons. The molecule has 2 heterocycles. The molecule has 0 bridgehead atoms. The number of methoxy groups -OCH3 is 1. The second-order valence-corrected chi connectivity index (χ2v) is 3.69. The van der Waals surface area contributed by atoms with E-state index in [1.165, 1.54) is 24.4 Å².